The summed E-state index contributed by atoms with van der Waals surface area (Å²) in [6.07, 6.45) is 5.09. The van der Waals surface area contributed by atoms with Crippen molar-refractivity contribution in [2.75, 3.05) is 0 Å². The molecule has 0 atom stereocenters. The van der Waals surface area contributed by atoms with E-state index in [2.05, 4.69) is 24.3 Å². The monoisotopic (exact) mass is 262 g/mol. The van der Waals surface area contributed by atoms with Crippen LogP contribution in [0.2, 0.25) is 10.0 Å². The molecule has 0 fully saturated rings. The first-order valence-corrected chi connectivity index (χ1v) is 6.17. The highest BCUT2D eigenvalue weighted by Gasteiger charge is 1.96. The van der Waals surface area contributed by atoms with Crippen LogP contribution in [0.15, 0.2) is 54.6 Å². The van der Waals surface area contributed by atoms with Crippen LogP contribution in [0.3, 0.4) is 0 Å². The van der Waals surface area contributed by atoms with Crippen molar-refractivity contribution in [3.05, 3.63) is 75.8 Å². The Morgan fingerprint density at radius 2 is 1.65 bits per heavy atom. The Hall–Kier alpha value is -1.24. The number of hydrogen-bond donors (Lipinski definition) is 0. The number of halogens is 2. The molecule has 0 radical (unpaired) electrons. The smallest absolute Gasteiger partial charge is 0.0598 e. The van der Waals surface area contributed by atoms with E-state index in [1.807, 2.05) is 36.4 Å². The number of rotatable bonds is 3. The van der Waals surface area contributed by atoms with Gasteiger partial charge in [-0.15, -0.1) is 0 Å². The standard InChI is InChI=1S/C15H12Cl2/c16-14-10-9-13(11-15(14)17)8-4-7-12-5-2-1-3-6-12/h1-6,8-11H,7H2. The predicted octanol–water partition coefficient (Wildman–Crippen LogP) is 5.25. The molecule has 0 nitrogen and oxygen atoms in total. The highest BCUT2D eigenvalue weighted by Crippen LogP contribution is 2.23. The summed E-state index contributed by atoms with van der Waals surface area (Å²) < 4.78 is 0. The SMILES string of the molecule is Clc1ccc(C=CCc2ccccc2)cc1Cl. The van der Waals surface area contributed by atoms with E-state index >= 15 is 0 Å². The number of allylic oxidation sites excluding steroid dienone is 1. The van der Waals surface area contributed by atoms with Gasteiger partial charge in [-0.2, -0.15) is 0 Å². The zero-order valence-corrected chi connectivity index (χ0v) is 10.7. The summed E-state index contributed by atoms with van der Waals surface area (Å²) in [5, 5.41) is 1.18. The molecule has 0 bridgehead atoms. The molecule has 2 aromatic carbocycles. The van der Waals surface area contributed by atoms with E-state index < -0.39 is 0 Å². The molecule has 0 heterocycles. The summed E-state index contributed by atoms with van der Waals surface area (Å²) in [6, 6.07) is 16.0. The van der Waals surface area contributed by atoms with Crippen LogP contribution in [0.5, 0.6) is 0 Å². The molecule has 0 amide bonds. The summed E-state index contributed by atoms with van der Waals surface area (Å²) in [6.45, 7) is 0. The topological polar surface area (TPSA) is 0 Å². The van der Waals surface area contributed by atoms with E-state index in [0.29, 0.717) is 10.0 Å². The minimum atomic E-state index is 0.590. The second-order valence-corrected chi connectivity index (χ2v) is 4.58. The molecule has 0 N–H and O–H groups in total. The fraction of sp³-hybridized carbons (Fsp3) is 0.0667. The van der Waals surface area contributed by atoms with Crippen molar-refractivity contribution >= 4 is 29.3 Å². The van der Waals surface area contributed by atoms with Gasteiger partial charge in [0.05, 0.1) is 10.0 Å². The van der Waals surface area contributed by atoms with Gasteiger partial charge in [-0.3, -0.25) is 0 Å². The van der Waals surface area contributed by atoms with Crippen molar-refractivity contribution in [3.8, 4) is 0 Å². The minimum Gasteiger partial charge on any atom is -0.0827 e. The molecule has 0 saturated carbocycles. The lowest BCUT2D eigenvalue weighted by molar-refractivity contribution is 1.28. The van der Waals surface area contributed by atoms with Crippen LogP contribution < -0.4 is 0 Å². The Morgan fingerprint density at radius 1 is 0.882 bits per heavy atom. The molecule has 17 heavy (non-hydrogen) atoms. The molecule has 0 aliphatic carbocycles. The second-order valence-electron chi connectivity index (χ2n) is 3.77. The van der Waals surface area contributed by atoms with Crippen LogP contribution in [-0.2, 0) is 6.42 Å². The third kappa shape index (κ3) is 3.62. The minimum absolute atomic E-state index is 0.590. The molecular weight excluding hydrogens is 251 g/mol. The first kappa shape index (κ1) is 12.2. The highest BCUT2D eigenvalue weighted by molar-refractivity contribution is 6.42. The Bertz CT molecular complexity index is 516. The lowest BCUT2D eigenvalue weighted by Gasteiger charge is -1.98. The van der Waals surface area contributed by atoms with Crippen LogP contribution in [-0.4, -0.2) is 0 Å². The third-order valence-corrected chi connectivity index (χ3v) is 3.19. The third-order valence-electron chi connectivity index (χ3n) is 2.45. The van der Waals surface area contributed by atoms with Gasteiger partial charge in [-0.05, 0) is 29.7 Å². The molecule has 2 aromatic rings. The average molecular weight is 263 g/mol. The lowest BCUT2D eigenvalue weighted by Crippen LogP contribution is -1.79. The van der Waals surface area contributed by atoms with E-state index in [-0.39, 0.29) is 0 Å². The van der Waals surface area contributed by atoms with E-state index in [9.17, 15) is 0 Å². The zero-order chi connectivity index (χ0) is 12.1. The van der Waals surface area contributed by atoms with Gasteiger partial charge in [0, 0.05) is 0 Å². The first-order chi connectivity index (χ1) is 8.25. The van der Waals surface area contributed by atoms with Crippen LogP contribution in [0.4, 0.5) is 0 Å². The Labute approximate surface area is 112 Å². The van der Waals surface area contributed by atoms with Crippen LogP contribution in [0.25, 0.3) is 6.08 Å². The molecule has 86 valence electrons. The van der Waals surface area contributed by atoms with Crippen molar-refractivity contribution in [2.45, 2.75) is 6.42 Å². The molecule has 0 unspecified atom stereocenters. The van der Waals surface area contributed by atoms with Gasteiger partial charge in [-0.25, -0.2) is 0 Å². The van der Waals surface area contributed by atoms with Crippen molar-refractivity contribution in [2.24, 2.45) is 0 Å². The first-order valence-electron chi connectivity index (χ1n) is 5.41. The molecule has 2 rings (SSSR count). The largest absolute Gasteiger partial charge is 0.0827 e. The zero-order valence-electron chi connectivity index (χ0n) is 9.24. The van der Waals surface area contributed by atoms with Gasteiger partial charge in [0.1, 0.15) is 0 Å². The molecule has 0 aliphatic heterocycles. The van der Waals surface area contributed by atoms with Gasteiger partial charge >= 0.3 is 0 Å². The molecular formula is C15H12Cl2. The second kappa shape index (κ2) is 5.90. The molecule has 2 heteroatoms. The van der Waals surface area contributed by atoms with E-state index in [4.69, 9.17) is 23.2 Å². The maximum absolute atomic E-state index is 5.94. The normalized spacial score (nSPS) is 10.9. The van der Waals surface area contributed by atoms with Crippen LogP contribution >= 0.6 is 23.2 Å². The number of hydrogen-bond acceptors (Lipinski definition) is 0. The molecule has 0 saturated heterocycles. The summed E-state index contributed by atoms with van der Waals surface area (Å²) in [5.41, 5.74) is 2.36. The lowest BCUT2D eigenvalue weighted by atomic mass is 10.1. The highest BCUT2D eigenvalue weighted by atomic mass is 35.5. The van der Waals surface area contributed by atoms with E-state index in [1.54, 1.807) is 0 Å². The summed E-state index contributed by atoms with van der Waals surface area (Å²) in [5.74, 6) is 0. The summed E-state index contributed by atoms with van der Waals surface area (Å²) >= 11 is 11.8. The van der Waals surface area contributed by atoms with Crippen LogP contribution in [0.1, 0.15) is 11.1 Å². The van der Waals surface area contributed by atoms with Crippen molar-refractivity contribution in [1.82, 2.24) is 0 Å². The van der Waals surface area contributed by atoms with Gasteiger partial charge in [-0.1, -0.05) is 71.8 Å². The average Bonchev–Trinajstić information content (AvgIpc) is 2.35. The van der Waals surface area contributed by atoms with E-state index in [0.717, 1.165) is 12.0 Å². The summed E-state index contributed by atoms with van der Waals surface area (Å²) in [7, 11) is 0. The van der Waals surface area contributed by atoms with Crippen molar-refractivity contribution < 1.29 is 0 Å². The fourth-order valence-corrected chi connectivity index (χ4v) is 1.87. The van der Waals surface area contributed by atoms with Crippen molar-refractivity contribution in [1.29, 1.82) is 0 Å². The predicted molar refractivity (Wildman–Crippen MR) is 75.6 cm³/mol. The van der Waals surface area contributed by atoms with Crippen LogP contribution in [0, 0.1) is 0 Å². The summed E-state index contributed by atoms with van der Waals surface area (Å²) in [4.78, 5) is 0. The molecule has 0 aromatic heterocycles. The Balaban J connectivity index is 2.03. The fourth-order valence-electron chi connectivity index (χ4n) is 1.56. The number of benzene rings is 2. The van der Waals surface area contributed by atoms with E-state index in [1.165, 1.54) is 5.56 Å². The Kier molecular flexibility index (Phi) is 4.24. The van der Waals surface area contributed by atoms with Gasteiger partial charge in [0.15, 0.2) is 0 Å². The quantitative estimate of drug-likeness (QED) is 0.709. The van der Waals surface area contributed by atoms with Gasteiger partial charge < -0.3 is 0 Å². The van der Waals surface area contributed by atoms with Crippen molar-refractivity contribution in [3.63, 3.8) is 0 Å². The van der Waals surface area contributed by atoms with Gasteiger partial charge in [0.2, 0.25) is 0 Å². The molecule has 0 aliphatic rings. The maximum atomic E-state index is 5.94. The maximum Gasteiger partial charge on any atom is 0.0598 e. The van der Waals surface area contributed by atoms with Gasteiger partial charge in [0.25, 0.3) is 0 Å². The molecule has 0 spiro atoms. The Morgan fingerprint density at radius 3 is 2.35 bits per heavy atom.